The fourth-order valence-corrected chi connectivity index (χ4v) is 1.25. The Morgan fingerprint density at radius 3 is 2.47 bits per heavy atom. The molecule has 0 aromatic heterocycles. The Morgan fingerprint density at radius 1 is 1.18 bits per heavy atom. The lowest BCUT2D eigenvalue weighted by Gasteiger charge is -2.09. The van der Waals surface area contributed by atoms with Crippen molar-refractivity contribution in [1.82, 2.24) is 0 Å². The monoisotopic (exact) mass is 234 g/mol. The van der Waals surface area contributed by atoms with E-state index in [1.165, 1.54) is 0 Å². The summed E-state index contributed by atoms with van der Waals surface area (Å²) in [5.41, 5.74) is 0.943. The van der Waals surface area contributed by atoms with Crippen molar-refractivity contribution in [2.75, 3.05) is 20.3 Å². The van der Waals surface area contributed by atoms with E-state index in [1.807, 2.05) is 38.1 Å². The molecule has 17 heavy (non-hydrogen) atoms. The van der Waals surface area contributed by atoms with Gasteiger partial charge < -0.3 is 14.2 Å². The summed E-state index contributed by atoms with van der Waals surface area (Å²) in [6, 6.07) is 7.59. The fourth-order valence-electron chi connectivity index (χ4n) is 1.25. The fraction of sp³-hybridized carbons (Fsp3) is 0.429. The van der Waals surface area contributed by atoms with Gasteiger partial charge in [0, 0.05) is 12.2 Å². The number of hydrogen-bond donors (Lipinski definition) is 0. The van der Waals surface area contributed by atoms with Gasteiger partial charge in [-0.25, -0.2) is 0 Å². The molecule has 0 aliphatic carbocycles. The molecule has 1 aromatic carbocycles. The van der Waals surface area contributed by atoms with E-state index in [-0.39, 0.29) is 6.29 Å². The Balaban J connectivity index is 2.38. The van der Waals surface area contributed by atoms with E-state index in [0.717, 1.165) is 11.3 Å². The van der Waals surface area contributed by atoms with Crippen molar-refractivity contribution in [3.63, 3.8) is 0 Å². The first-order valence-electron chi connectivity index (χ1n) is 5.62. The van der Waals surface area contributed by atoms with Gasteiger partial charge in [0.2, 0.25) is 0 Å². The van der Waals surface area contributed by atoms with E-state index in [0.29, 0.717) is 13.2 Å². The zero-order chi connectivity index (χ0) is 12.5. The van der Waals surface area contributed by atoms with Crippen LogP contribution in [0.3, 0.4) is 0 Å². The largest absolute Gasteiger partial charge is 0.497 e. The van der Waals surface area contributed by atoms with Crippen LogP contribution in [0.1, 0.15) is 19.4 Å². The lowest BCUT2D eigenvalue weighted by atomic mass is 10.2. The summed E-state index contributed by atoms with van der Waals surface area (Å²) in [7, 11) is 1.64. The molecule has 0 radical (unpaired) electrons. The van der Waals surface area contributed by atoms with Gasteiger partial charge in [0.1, 0.15) is 12.4 Å². The van der Waals surface area contributed by atoms with E-state index in [9.17, 15) is 0 Å². The summed E-state index contributed by atoms with van der Waals surface area (Å²) in [6.45, 7) is 4.81. The van der Waals surface area contributed by atoms with Gasteiger partial charge in [-0.05, 0) is 38.1 Å². The smallest absolute Gasteiger partial charge is 0.156 e. The van der Waals surface area contributed by atoms with Crippen LogP contribution in [-0.4, -0.2) is 26.6 Å². The van der Waals surface area contributed by atoms with Crippen molar-refractivity contribution in [3.05, 3.63) is 29.8 Å². The molecule has 0 aliphatic heterocycles. The summed E-state index contributed by atoms with van der Waals surface area (Å²) in [4.78, 5) is 0. The molecule has 1 unspecified atom stereocenters. The molecule has 0 saturated carbocycles. The van der Waals surface area contributed by atoms with Crippen LogP contribution < -0.4 is 4.74 Å². The number of benzene rings is 1. The van der Waals surface area contributed by atoms with Gasteiger partial charge in [0.05, 0.1) is 7.11 Å². The van der Waals surface area contributed by atoms with Gasteiger partial charge in [0.25, 0.3) is 0 Å². The molecule has 0 N–H and O–H groups in total. The van der Waals surface area contributed by atoms with Crippen LogP contribution >= 0.6 is 0 Å². The first kappa shape index (κ1) is 13.6. The lowest BCUT2D eigenvalue weighted by Crippen LogP contribution is -2.12. The molecule has 0 heterocycles. The summed E-state index contributed by atoms with van der Waals surface area (Å²) < 4.78 is 15.6. The molecular weight excluding hydrogens is 216 g/mol. The van der Waals surface area contributed by atoms with Gasteiger partial charge in [-0.3, -0.25) is 0 Å². The van der Waals surface area contributed by atoms with Crippen LogP contribution in [0.2, 0.25) is 0 Å². The highest BCUT2D eigenvalue weighted by atomic mass is 16.7. The molecule has 0 aliphatic rings. The van der Waals surface area contributed by atoms with Gasteiger partial charge in [-0.1, -0.05) is 11.8 Å². The summed E-state index contributed by atoms with van der Waals surface area (Å²) in [5.74, 6) is 6.77. The quantitative estimate of drug-likeness (QED) is 0.578. The van der Waals surface area contributed by atoms with Crippen LogP contribution in [0.15, 0.2) is 24.3 Å². The first-order valence-corrected chi connectivity index (χ1v) is 5.62. The second-order valence-corrected chi connectivity index (χ2v) is 3.36. The van der Waals surface area contributed by atoms with Crippen LogP contribution in [0, 0.1) is 11.8 Å². The Morgan fingerprint density at radius 2 is 1.88 bits per heavy atom. The number of rotatable bonds is 5. The Labute approximate surface area is 103 Å². The van der Waals surface area contributed by atoms with Gasteiger partial charge in [0.15, 0.2) is 6.29 Å². The van der Waals surface area contributed by atoms with Crippen molar-refractivity contribution in [1.29, 1.82) is 0 Å². The SMILES string of the molecule is CCOC(C)OCC#Cc1ccc(OC)cc1. The first-order chi connectivity index (χ1) is 8.26. The molecule has 0 bridgehead atoms. The van der Waals surface area contributed by atoms with Crippen LogP contribution in [0.4, 0.5) is 0 Å². The van der Waals surface area contributed by atoms with Crippen molar-refractivity contribution >= 4 is 0 Å². The van der Waals surface area contributed by atoms with E-state index < -0.39 is 0 Å². The van der Waals surface area contributed by atoms with Gasteiger partial charge in [-0.15, -0.1) is 0 Å². The molecule has 92 valence electrons. The zero-order valence-corrected chi connectivity index (χ0v) is 10.5. The summed E-state index contributed by atoms with van der Waals surface area (Å²) >= 11 is 0. The van der Waals surface area contributed by atoms with Gasteiger partial charge >= 0.3 is 0 Å². The van der Waals surface area contributed by atoms with Crippen molar-refractivity contribution in [2.24, 2.45) is 0 Å². The Hall–Kier alpha value is -1.50. The van der Waals surface area contributed by atoms with Crippen molar-refractivity contribution < 1.29 is 14.2 Å². The maximum absolute atomic E-state index is 5.33. The molecule has 0 saturated heterocycles. The standard InChI is InChI=1S/C14H18O3/c1-4-16-12(2)17-11-5-6-13-7-9-14(15-3)10-8-13/h7-10,12H,4,11H2,1-3H3. The minimum atomic E-state index is -0.204. The number of methoxy groups -OCH3 is 1. The molecule has 1 atom stereocenters. The predicted molar refractivity (Wildman–Crippen MR) is 66.9 cm³/mol. The molecule has 0 spiro atoms. The predicted octanol–water partition coefficient (Wildman–Crippen LogP) is 2.45. The maximum Gasteiger partial charge on any atom is 0.156 e. The van der Waals surface area contributed by atoms with E-state index in [1.54, 1.807) is 7.11 Å². The van der Waals surface area contributed by atoms with Gasteiger partial charge in [-0.2, -0.15) is 0 Å². The van der Waals surface area contributed by atoms with Crippen molar-refractivity contribution in [2.45, 2.75) is 20.1 Å². The minimum absolute atomic E-state index is 0.204. The van der Waals surface area contributed by atoms with Crippen LogP contribution in [0.25, 0.3) is 0 Å². The average molecular weight is 234 g/mol. The zero-order valence-electron chi connectivity index (χ0n) is 10.5. The highest BCUT2D eigenvalue weighted by Gasteiger charge is 1.96. The molecule has 0 amide bonds. The number of ether oxygens (including phenoxy) is 3. The second-order valence-electron chi connectivity index (χ2n) is 3.36. The average Bonchev–Trinajstić information content (AvgIpc) is 2.36. The third-order valence-electron chi connectivity index (χ3n) is 2.11. The third-order valence-corrected chi connectivity index (χ3v) is 2.11. The molecule has 1 aromatic rings. The summed E-state index contributed by atoms with van der Waals surface area (Å²) in [5, 5.41) is 0. The normalized spacial score (nSPS) is 11.5. The highest BCUT2D eigenvalue weighted by molar-refractivity contribution is 5.38. The molecule has 0 fully saturated rings. The van der Waals surface area contributed by atoms with Crippen molar-refractivity contribution in [3.8, 4) is 17.6 Å². The summed E-state index contributed by atoms with van der Waals surface area (Å²) in [6.07, 6.45) is -0.204. The molecule has 1 rings (SSSR count). The maximum atomic E-state index is 5.33. The second kappa shape index (κ2) is 7.72. The molecule has 3 nitrogen and oxygen atoms in total. The minimum Gasteiger partial charge on any atom is -0.497 e. The molecular formula is C14H18O3. The lowest BCUT2D eigenvalue weighted by molar-refractivity contribution is -0.117. The van der Waals surface area contributed by atoms with E-state index in [4.69, 9.17) is 14.2 Å². The third kappa shape index (κ3) is 5.39. The van der Waals surface area contributed by atoms with Crippen LogP contribution in [0.5, 0.6) is 5.75 Å². The topological polar surface area (TPSA) is 27.7 Å². The Bertz CT molecular complexity index is 373. The van der Waals surface area contributed by atoms with Crippen LogP contribution in [-0.2, 0) is 9.47 Å². The Kier molecular flexibility index (Phi) is 6.16. The van der Waals surface area contributed by atoms with E-state index in [2.05, 4.69) is 11.8 Å². The highest BCUT2D eigenvalue weighted by Crippen LogP contribution is 2.10. The van der Waals surface area contributed by atoms with E-state index >= 15 is 0 Å². The molecule has 3 heteroatoms. The number of hydrogen-bond acceptors (Lipinski definition) is 3.